The van der Waals surface area contributed by atoms with E-state index in [0.29, 0.717) is 23.1 Å². The lowest BCUT2D eigenvalue weighted by molar-refractivity contribution is 0.462. The van der Waals surface area contributed by atoms with E-state index in [2.05, 4.69) is 15.0 Å². The molecule has 2 aromatic rings. The third-order valence-corrected chi connectivity index (χ3v) is 2.74. The number of pyridine rings is 1. The molecule has 0 aromatic carbocycles. The lowest BCUT2D eigenvalue weighted by Gasteiger charge is -2.21. The number of ether oxygens (including phenoxy) is 1. The number of rotatable bonds is 5. The Balaban J connectivity index is 2.30. The lowest BCUT2D eigenvalue weighted by Crippen LogP contribution is -2.24. The molecule has 2 heterocycles. The molecular formula is C13H17N5O. The topological polar surface area (TPSA) is 77.2 Å². The summed E-state index contributed by atoms with van der Waals surface area (Å²) in [5.74, 6) is 1.64. The van der Waals surface area contributed by atoms with Crippen LogP contribution >= 0.6 is 0 Å². The van der Waals surface area contributed by atoms with E-state index in [0.717, 1.165) is 13.1 Å². The Kier molecular flexibility index (Phi) is 4.12. The number of anilines is 2. The summed E-state index contributed by atoms with van der Waals surface area (Å²) in [5.41, 5.74) is 6.51. The van der Waals surface area contributed by atoms with Crippen LogP contribution in [0.15, 0.2) is 30.9 Å². The van der Waals surface area contributed by atoms with Crippen LogP contribution in [-0.4, -0.2) is 28.0 Å². The van der Waals surface area contributed by atoms with Gasteiger partial charge >= 0.3 is 0 Å². The smallest absolute Gasteiger partial charge is 0.248 e. The second kappa shape index (κ2) is 5.99. The zero-order chi connectivity index (χ0) is 13.7. The van der Waals surface area contributed by atoms with Crippen LogP contribution in [0.25, 0.3) is 0 Å². The molecule has 100 valence electrons. The first-order valence-corrected chi connectivity index (χ1v) is 6.19. The highest BCUT2D eigenvalue weighted by Gasteiger charge is 2.14. The summed E-state index contributed by atoms with van der Waals surface area (Å²) in [6.07, 6.45) is 4.74. The number of aromatic nitrogens is 3. The molecule has 0 spiro atoms. The number of nitrogen functional groups attached to an aromatic ring is 1. The van der Waals surface area contributed by atoms with Crippen molar-refractivity contribution < 1.29 is 4.74 Å². The fraction of sp³-hybridized carbons (Fsp3) is 0.308. The molecule has 0 unspecified atom stereocenters. The van der Waals surface area contributed by atoms with Crippen LogP contribution in [0.4, 0.5) is 11.5 Å². The first kappa shape index (κ1) is 13.1. The molecule has 6 heteroatoms. The van der Waals surface area contributed by atoms with E-state index in [1.165, 1.54) is 6.33 Å². The normalized spacial score (nSPS) is 10.2. The van der Waals surface area contributed by atoms with Crippen molar-refractivity contribution in [3.8, 4) is 11.6 Å². The molecule has 0 atom stereocenters. The Morgan fingerprint density at radius 3 is 2.68 bits per heavy atom. The van der Waals surface area contributed by atoms with Gasteiger partial charge in [0.15, 0.2) is 5.82 Å². The molecule has 0 fully saturated rings. The quantitative estimate of drug-likeness (QED) is 0.886. The van der Waals surface area contributed by atoms with Crippen LogP contribution in [0.2, 0.25) is 0 Å². The van der Waals surface area contributed by atoms with Crippen LogP contribution in [0.1, 0.15) is 13.8 Å². The maximum atomic E-state index is 6.07. The van der Waals surface area contributed by atoms with E-state index in [4.69, 9.17) is 10.5 Å². The summed E-state index contributed by atoms with van der Waals surface area (Å²) < 4.78 is 5.62. The molecule has 0 aliphatic carbocycles. The minimum Gasteiger partial charge on any atom is -0.435 e. The number of hydrogen-bond donors (Lipinski definition) is 1. The zero-order valence-electron chi connectivity index (χ0n) is 11.1. The van der Waals surface area contributed by atoms with Crippen LogP contribution in [0, 0.1) is 0 Å². The fourth-order valence-electron chi connectivity index (χ4n) is 1.75. The van der Waals surface area contributed by atoms with Gasteiger partial charge in [-0.05, 0) is 26.0 Å². The SMILES string of the molecule is CCN(CC)c1ncnc(Oc2cccnc2)c1N. The molecule has 2 N–H and O–H groups in total. The highest BCUT2D eigenvalue weighted by atomic mass is 16.5. The fourth-order valence-corrected chi connectivity index (χ4v) is 1.75. The van der Waals surface area contributed by atoms with E-state index < -0.39 is 0 Å². The van der Waals surface area contributed by atoms with Gasteiger partial charge in [-0.3, -0.25) is 4.98 Å². The van der Waals surface area contributed by atoms with Gasteiger partial charge in [0.05, 0.1) is 6.20 Å². The van der Waals surface area contributed by atoms with Crippen molar-refractivity contribution in [2.45, 2.75) is 13.8 Å². The molecule has 0 amide bonds. The van der Waals surface area contributed by atoms with Gasteiger partial charge in [0.2, 0.25) is 5.88 Å². The summed E-state index contributed by atoms with van der Waals surface area (Å²) in [7, 11) is 0. The van der Waals surface area contributed by atoms with Crippen LogP contribution in [0.5, 0.6) is 11.6 Å². The predicted octanol–water partition coefficient (Wildman–Crippen LogP) is 2.09. The molecule has 0 bridgehead atoms. The van der Waals surface area contributed by atoms with E-state index in [1.54, 1.807) is 24.5 Å². The summed E-state index contributed by atoms with van der Waals surface area (Å²) in [6.45, 7) is 5.74. The maximum Gasteiger partial charge on any atom is 0.248 e. The van der Waals surface area contributed by atoms with E-state index >= 15 is 0 Å². The summed E-state index contributed by atoms with van der Waals surface area (Å²) in [4.78, 5) is 14.3. The van der Waals surface area contributed by atoms with Crippen molar-refractivity contribution in [3.63, 3.8) is 0 Å². The molecule has 0 saturated carbocycles. The van der Waals surface area contributed by atoms with Crippen molar-refractivity contribution >= 4 is 11.5 Å². The van der Waals surface area contributed by atoms with Crippen LogP contribution in [-0.2, 0) is 0 Å². The molecule has 6 nitrogen and oxygen atoms in total. The molecule has 19 heavy (non-hydrogen) atoms. The van der Waals surface area contributed by atoms with Crippen molar-refractivity contribution in [2.75, 3.05) is 23.7 Å². The molecule has 0 aliphatic rings. The van der Waals surface area contributed by atoms with Gasteiger partial charge in [-0.1, -0.05) is 0 Å². The summed E-state index contributed by atoms with van der Waals surface area (Å²) in [6, 6.07) is 3.59. The second-order valence-electron chi connectivity index (χ2n) is 3.88. The third-order valence-electron chi connectivity index (χ3n) is 2.74. The van der Waals surface area contributed by atoms with Crippen molar-refractivity contribution in [3.05, 3.63) is 30.9 Å². The van der Waals surface area contributed by atoms with Crippen molar-refractivity contribution in [2.24, 2.45) is 0 Å². The molecular weight excluding hydrogens is 242 g/mol. The zero-order valence-corrected chi connectivity index (χ0v) is 11.1. The minimum absolute atomic E-state index is 0.352. The van der Waals surface area contributed by atoms with E-state index in [9.17, 15) is 0 Å². The Morgan fingerprint density at radius 2 is 2.05 bits per heavy atom. The van der Waals surface area contributed by atoms with Gasteiger partial charge in [0.25, 0.3) is 0 Å². The number of nitrogens with two attached hydrogens (primary N) is 1. The van der Waals surface area contributed by atoms with Gasteiger partial charge in [0.1, 0.15) is 17.8 Å². The standard InChI is InChI=1S/C13H17N5O/c1-3-18(4-2)12-11(14)13(17-9-16-12)19-10-6-5-7-15-8-10/h5-9H,3-4,14H2,1-2H3. The number of hydrogen-bond acceptors (Lipinski definition) is 6. The minimum atomic E-state index is 0.352. The molecule has 0 aliphatic heterocycles. The summed E-state index contributed by atoms with van der Waals surface area (Å²) in [5, 5.41) is 0. The Labute approximate surface area is 112 Å². The lowest BCUT2D eigenvalue weighted by atomic mass is 10.4. The predicted molar refractivity (Wildman–Crippen MR) is 74.3 cm³/mol. The molecule has 2 aromatic heterocycles. The highest BCUT2D eigenvalue weighted by Crippen LogP contribution is 2.30. The van der Waals surface area contributed by atoms with Gasteiger partial charge in [0, 0.05) is 19.3 Å². The number of nitrogens with zero attached hydrogens (tertiary/aromatic N) is 4. The average Bonchev–Trinajstić information content (AvgIpc) is 2.45. The molecule has 2 rings (SSSR count). The maximum absolute atomic E-state index is 6.07. The van der Waals surface area contributed by atoms with Crippen LogP contribution < -0.4 is 15.4 Å². The van der Waals surface area contributed by atoms with Gasteiger partial charge in [-0.15, -0.1) is 0 Å². The van der Waals surface area contributed by atoms with Gasteiger partial charge in [-0.25, -0.2) is 4.98 Å². The van der Waals surface area contributed by atoms with Crippen molar-refractivity contribution in [1.82, 2.24) is 15.0 Å². The molecule has 0 saturated heterocycles. The third kappa shape index (κ3) is 2.90. The first-order chi connectivity index (χ1) is 9.26. The van der Waals surface area contributed by atoms with E-state index in [1.807, 2.05) is 18.7 Å². The Hall–Kier alpha value is -2.37. The molecule has 0 radical (unpaired) electrons. The van der Waals surface area contributed by atoms with Gasteiger partial charge in [-0.2, -0.15) is 4.98 Å². The van der Waals surface area contributed by atoms with Crippen LogP contribution in [0.3, 0.4) is 0 Å². The van der Waals surface area contributed by atoms with E-state index in [-0.39, 0.29) is 0 Å². The average molecular weight is 259 g/mol. The van der Waals surface area contributed by atoms with Gasteiger partial charge < -0.3 is 15.4 Å². The largest absolute Gasteiger partial charge is 0.435 e. The first-order valence-electron chi connectivity index (χ1n) is 6.19. The highest BCUT2D eigenvalue weighted by molar-refractivity contribution is 5.68. The summed E-state index contributed by atoms with van der Waals surface area (Å²) >= 11 is 0. The van der Waals surface area contributed by atoms with Crippen molar-refractivity contribution in [1.29, 1.82) is 0 Å². The monoisotopic (exact) mass is 259 g/mol. The Morgan fingerprint density at radius 1 is 1.26 bits per heavy atom. The second-order valence-corrected chi connectivity index (χ2v) is 3.88. The Bertz CT molecular complexity index is 528.